The van der Waals surface area contributed by atoms with E-state index in [0.717, 1.165) is 44.9 Å². The van der Waals surface area contributed by atoms with Crippen LogP contribution in [0.25, 0.3) is 0 Å². The van der Waals surface area contributed by atoms with Gasteiger partial charge in [0.1, 0.15) is 5.75 Å². The van der Waals surface area contributed by atoms with E-state index in [0.29, 0.717) is 0 Å². The van der Waals surface area contributed by atoms with Gasteiger partial charge in [-0.3, -0.25) is 4.90 Å². The first-order chi connectivity index (χ1) is 10.3. The quantitative estimate of drug-likeness (QED) is 0.871. The number of rotatable bonds is 5. The summed E-state index contributed by atoms with van der Waals surface area (Å²) < 4.78 is 5.18. The minimum Gasteiger partial charge on any atom is -0.497 e. The largest absolute Gasteiger partial charge is 0.497 e. The second kappa shape index (κ2) is 10.1. The third kappa shape index (κ3) is 5.94. The van der Waals surface area contributed by atoms with E-state index < -0.39 is 0 Å². The third-order valence-corrected chi connectivity index (χ3v) is 4.61. The summed E-state index contributed by atoms with van der Waals surface area (Å²) in [6, 6.07) is 8.22. The Morgan fingerprint density at radius 3 is 2.52 bits per heavy atom. The molecule has 0 saturated carbocycles. The molecule has 0 atom stereocenters. The number of methoxy groups -OCH3 is 1. The molecule has 128 valence electrons. The Morgan fingerprint density at radius 2 is 1.87 bits per heavy atom. The van der Waals surface area contributed by atoms with Crippen molar-refractivity contribution in [2.45, 2.75) is 13.0 Å². The van der Waals surface area contributed by atoms with Crippen molar-refractivity contribution in [3.8, 4) is 5.75 Å². The molecule has 1 aliphatic rings. The zero-order valence-corrected chi connectivity index (χ0v) is 15.6. The van der Waals surface area contributed by atoms with Crippen molar-refractivity contribution in [3.05, 3.63) is 45.9 Å². The lowest BCUT2D eigenvalue weighted by atomic mass is 10.1. The number of benzene rings is 1. The number of nitrogens with one attached hydrogen (secondary N) is 1. The molecule has 1 aliphatic heterocycles. The highest BCUT2D eigenvalue weighted by Crippen LogP contribution is 2.18. The van der Waals surface area contributed by atoms with E-state index in [9.17, 15) is 0 Å². The second-order valence-electron chi connectivity index (χ2n) is 5.28. The summed E-state index contributed by atoms with van der Waals surface area (Å²) in [6.45, 7) is 5.38. The molecule has 23 heavy (non-hydrogen) atoms. The molecule has 1 fully saturated rings. The summed E-state index contributed by atoms with van der Waals surface area (Å²) in [6.07, 6.45) is 0.899. The standard InChI is InChI=1S/C16H21N3OS.2ClH/c1-20-15-4-2-13(3-5-15)10-16-18-14(12-21-16)11-19-8-6-17-7-9-19;;/h2-5,12,17H,6-11H2,1H3;2*1H. The molecule has 0 unspecified atom stereocenters. The van der Waals surface area contributed by atoms with Crippen LogP contribution in [0.2, 0.25) is 0 Å². The average molecular weight is 376 g/mol. The molecule has 0 aliphatic carbocycles. The molecular formula is C16H23Cl2N3OS. The van der Waals surface area contributed by atoms with Crippen molar-refractivity contribution in [3.63, 3.8) is 0 Å². The first-order valence-corrected chi connectivity index (χ1v) is 8.21. The van der Waals surface area contributed by atoms with Gasteiger partial charge >= 0.3 is 0 Å². The fraction of sp³-hybridized carbons (Fsp3) is 0.438. The van der Waals surface area contributed by atoms with Crippen LogP contribution in [0.4, 0.5) is 0 Å². The van der Waals surface area contributed by atoms with Crippen LogP contribution < -0.4 is 10.1 Å². The van der Waals surface area contributed by atoms with Crippen molar-refractivity contribution >= 4 is 36.2 Å². The van der Waals surface area contributed by atoms with Gasteiger partial charge in [-0.25, -0.2) is 4.98 Å². The van der Waals surface area contributed by atoms with Gasteiger partial charge in [-0.15, -0.1) is 36.2 Å². The zero-order chi connectivity index (χ0) is 14.5. The van der Waals surface area contributed by atoms with E-state index in [2.05, 4.69) is 27.7 Å². The van der Waals surface area contributed by atoms with E-state index in [4.69, 9.17) is 9.72 Å². The number of hydrogen-bond donors (Lipinski definition) is 1. The summed E-state index contributed by atoms with van der Waals surface area (Å²) in [5.74, 6) is 0.900. The van der Waals surface area contributed by atoms with Gasteiger partial charge in [-0.2, -0.15) is 0 Å². The van der Waals surface area contributed by atoms with E-state index >= 15 is 0 Å². The lowest BCUT2D eigenvalue weighted by molar-refractivity contribution is 0.231. The lowest BCUT2D eigenvalue weighted by Gasteiger charge is -2.26. The van der Waals surface area contributed by atoms with Crippen molar-refractivity contribution in [2.75, 3.05) is 33.3 Å². The molecule has 0 bridgehead atoms. The van der Waals surface area contributed by atoms with E-state index in [-0.39, 0.29) is 24.8 Å². The van der Waals surface area contributed by atoms with Gasteiger partial charge in [0.15, 0.2) is 0 Å². The summed E-state index contributed by atoms with van der Waals surface area (Å²) in [5.41, 5.74) is 2.48. The predicted octanol–water partition coefficient (Wildman–Crippen LogP) is 2.99. The van der Waals surface area contributed by atoms with Gasteiger partial charge < -0.3 is 10.1 Å². The first-order valence-electron chi connectivity index (χ1n) is 7.33. The zero-order valence-electron chi connectivity index (χ0n) is 13.2. The normalized spacial score (nSPS) is 14.7. The minimum absolute atomic E-state index is 0. The van der Waals surface area contributed by atoms with E-state index in [1.54, 1.807) is 18.4 Å². The molecule has 0 spiro atoms. The van der Waals surface area contributed by atoms with Crippen LogP contribution in [-0.2, 0) is 13.0 Å². The highest BCUT2D eigenvalue weighted by molar-refractivity contribution is 7.09. The monoisotopic (exact) mass is 375 g/mol. The summed E-state index contributed by atoms with van der Waals surface area (Å²) >= 11 is 1.76. The number of piperazine rings is 1. The first kappa shape index (κ1) is 20.2. The van der Waals surface area contributed by atoms with Crippen molar-refractivity contribution in [1.82, 2.24) is 15.2 Å². The van der Waals surface area contributed by atoms with Crippen LogP contribution in [-0.4, -0.2) is 43.2 Å². The number of aromatic nitrogens is 1. The van der Waals surface area contributed by atoms with Crippen LogP contribution in [0.15, 0.2) is 29.6 Å². The molecule has 2 heterocycles. The smallest absolute Gasteiger partial charge is 0.118 e. The Balaban J connectivity index is 0.00000132. The van der Waals surface area contributed by atoms with Gasteiger partial charge in [0.2, 0.25) is 0 Å². The Morgan fingerprint density at radius 1 is 1.17 bits per heavy atom. The second-order valence-corrected chi connectivity index (χ2v) is 6.23. The summed E-state index contributed by atoms with van der Waals surface area (Å²) in [4.78, 5) is 7.23. The van der Waals surface area contributed by atoms with Crippen molar-refractivity contribution in [2.24, 2.45) is 0 Å². The van der Waals surface area contributed by atoms with Crippen LogP contribution in [0.3, 0.4) is 0 Å². The highest BCUT2D eigenvalue weighted by atomic mass is 35.5. The molecule has 0 amide bonds. The molecule has 1 aromatic heterocycles. The van der Waals surface area contributed by atoms with E-state index in [1.807, 2.05) is 12.1 Å². The predicted molar refractivity (Wildman–Crippen MR) is 101 cm³/mol. The fourth-order valence-electron chi connectivity index (χ4n) is 2.52. The minimum atomic E-state index is 0. The van der Waals surface area contributed by atoms with Crippen LogP contribution in [0.1, 0.15) is 16.3 Å². The Bertz CT molecular complexity index is 571. The number of thiazole rings is 1. The number of nitrogens with zero attached hydrogens (tertiary/aromatic N) is 2. The van der Waals surface area contributed by atoms with Crippen LogP contribution >= 0.6 is 36.2 Å². The third-order valence-electron chi connectivity index (χ3n) is 3.71. The fourth-order valence-corrected chi connectivity index (χ4v) is 3.34. The summed E-state index contributed by atoms with van der Waals surface area (Å²) in [5, 5.41) is 6.76. The Hall–Kier alpha value is -0.850. The van der Waals surface area contributed by atoms with Gasteiger partial charge in [0.05, 0.1) is 17.8 Å². The highest BCUT2D eigenvalue weighted by Gasteiger charge is 2.12. The number of ether oxygens (including phenoxy) is 1. The maximum Gasteiger partial charge on any atom is 0.118 e. The molecule has 7 heteroatoms. The Kier molecular flexibility index (Phi) is 8.87. The maximum atomic E-state index is 5.18. The lowest BCUT2D eigenvalue weighted by Crippen LogP contribution is -2.42. The molecule has 3 rings (SSSR count). The number of hydrogen-bond acceptors (Lipinski definition) is 5. The molecular weight excluding hydrogens is 353 g/mol. The van der Waals surface area contributed by atoms with Crippen molar-refractivity contribution in [1.29, 1.82) is 0 Å². The molecule has 2 aromatic rings. The van der Waals surface area contributed by atoms with Gasteiger partial charge in [-0.05, 0) is 17.7 Å². The van der Waals surface area contributed by atoms with Gasteiger partial charge in [0.25, 0.3) is 0 Å². The van der Waals surface area contributed by atoms with Crippen LogP contribution in [0, 0.1) is 0 Å². The topological polar surface area (TPSA) is 37.4 Å². The maximum absolute atomic E-state index is 5.18. The molecule has 1 N–H and O–H groups in total. The SMILES string of the molecule is COc1ccc(Cc2nc(CN3CCNCC3)cs2)cc1.Cl.Cl. The number of halogens is 2. The Labute approximate surface area is 154 Å². The van der Waals surface area contributed by atoms with Crippen LogP contribution in [0.5, 0.6) is 5.75 Å². The van der Waals surface area contributed by atoms with E-state index in [1.165, 1.54) is 16.3 Å². The van der Waals surface area contributed by atoms with Crippen molar-refractivity contribution < 1.29 is 4.74 Å². The van der Waals surface area contributed by atoms with Gasteiger partial charge in [0, 0.05) is 44.5 Å². The molecule has 1 aromatic carbocycles. The summed E-state index contributed by atoms with van der Waals surface area (Å²) in [7, 11) is 1.69. The molecule has 4 nitrogen and oxygen atoms in total. The average Bonchev–Trinajstić information content (AvgIpc) is 2.96. The van der Waals surface area contributed by atoms with Gasteiger partial charge in [-0.1, -0.05) is 12.1 Å². The molecule has 1 saturated heterocycles. The molecule has 0 radical (unpaired) electrons.